The van der Waals surface area contributed by atoms with Crippen LogP contribution in [0.1, 0.15) is 36.8 Å². The lowest BCUT2D eigenvalue weighted by molar-refractivity contribution is 0.126. The average Bonchev–Trinajstić information content (AvgIpc) is 2.99. The van der Waals surface area contributed by atoms with Crippen molar-refractivity contribution in [3.05, 3.63) is 47.5 Å². The Bertz CT molecular complexity index is 891. The zero-order valence-electron chi connectivity index (χ0n) is 15.2. The number of fused-ring (bicyclic) bond motifs is 1. The Kier molecular flexibility index (Phi) is 4.51. The molecule has 2 heterocycles. The summed E-state index contributed by atoms with van der Waals surface area (Å²) < 4.78 is 1.84. The van der Waals surface area contributed by atoms with Crippen LogP contribution in [-0.4, -0.2) is 31.9 Å². The smallest absolute Gasteiger partial charge is 0.247 e. The SMILES string of the molecule is Cc1cc(C)cc(Nc2nc3cccc(N[C@H]4CC[C@@H](O)CC4)n3n2)c1. The summed E-state index contributed by atoms with van der Waals surface area (Å²) in [5, 5.41) is 21.2. The third kappa shape index (κ3) is 3.65. The number of benzene rings is 1. The second kappa shape index (κ2) is 6.96. The number of aromatic nitrogens is 3. The molecule has 1 aliphatic carbocycles. The third-order valence-electron chi connectivity index (χ3n) is 4.89. The first-order chi connectivity index (χ1) is 12.6. The van der Waals surface area contributed by atoms with Crippen molar-refractivity contribution in [1.82, 2.24) is 14.6 Å². The van der Waals surface area contributed by atoms with E-state index >= 15 is 0 Å². The van der Waals surface area contributed by atoms with E-state index in [2.05, 4.69) is 52.8 Å². The number of anilines is 3. The van der Waals surface area contributed by atoms with Crippen LogP contribution in [0.5, 0.6) is 0 Å². The van der Waals surface area contributed by atoms with Gasteiger partial charge in [0.1, 0.15) is 5.82 Å². The van der Waals surface area contributed by atoms with Crippen molar-refractivity contribution < 1.29 is 5.11 Å². The normalized spacial score (nSPS) is 20.3. The number of aryl methyl sites for hydroxylation is 2. The van der Waals surface area contributed by atoms with Gasteiger partial charge in [-0.15, -0.1) is 5.10 Å². The summed E-state index contributed by atoms with van der Waals surface area (Å²) in [6, 6.07) is 12.7. The van der Waals surface area contributed by atoms with E-state index in [1.807, 2.05) is 22.7 Å². The van der Waals surface area contributed by atoms with E-state index in [0.29, 0.717) is 12.0 Å². The summed E-state index contributed by atoms with van der Waals surface area (Å²) in [5.74, 6) is 1.52. The van der Waals surface area contributed by atoms with Crippen LogP contribution in [0.3, 0.4) is 0 Å². The molecule has 136 valence electrons. The summed E-state index contributed by atoms with van der Waals surface area (Å²) in [6.45, 7) is 4.16. The van der Waals surface area contributed by atoms with E-state index in [1.165, 1.54) is 11.1 Å². The van der Waals surface area contributed by atoms with E-state index in [4.69, 9.17) is 0 Å². The van der Waals surface area contributed by atoms with Crippen molar-refractivity contribution in [3.8, 4) is 0 Å². The highest BCUT2D eigenvalue weighted by Gasteiger charge is 2.20. The molecular weight excluding hydrogens is 326 g/mol. The van der Waals surface area contributed by atoms with Gasteiger partial charge >= 0.3 is 0 Å². The molecule has 3 N–H and O–H groups in total. The predicted molar refractivity (Wildman–Crippen MR) is 104 cm³/mol. The molecule has 0 saturated heterocycles. The minimum absolute atomic E-state index is 0.149. The van der Waals surface area contributed by atoms with Gasteiger partial charge in [-0.2, -0.15) is 9.50 Å². The zero-order valence-corrected chi connectivity index (χ0v) is 15.2. The fourth-order valence-corrected chi connectivity index (χ4v) is 3.67. The number of hydrogen-bond donors (Lipinski definition) is 3. The molecule has 0 aliphatic heterocycles. The molecule has 3 aromatic rings. The Hall–Kier alpha value is -2.60. The van der Waals surface area contributed by atoms with E-state index in [0.717, 1.165) is 42.8 Å². The number of aliphatic hydroxyl groups is 1. The predicted octanol–water partition coefficient (Wildman–Crippen LogP) is 3.81. The Morgan fingerprint density at radius 3 is 2.50 bits per heavy atom. The topological polar surface area (TPSA) is 74.5 Å². The largest absolute Gasteiger partial charge is 0.393 e. The maximum atomic E-state index is 9.68. The van der Waals surface area contributed by atoms with Crippen LogP contribution < -0.4 is 10.6 Å². The quantitative estimate of drug-likeness (QED) is 0.666. The summed E-state index contributed by atoms with van der Waals surface area (Å²) >= 11 is 0. The highest BCUT2D eigenvalue weighted by molar-refractivity contribution is 5.59. The number of pyridine rings is 1. The molecule has 2 aromatic heterocycles. The van der Waals surface area contributed by atoms with Gasteiger partial charge in [0.25, 0.3) is 0 Å². The molecule has 0 spiro atoms. The molecule has 1 saturated carbocycles. The minimum atomic E-state index is -0.149. The highest BCUT2D eigenvalue weighted by atomic mass is 16.3. The van der Waals surface area contributed by atoms with Crippen LogP contribution in [0.15, 0.2) is 36.4 Å². The first-order valence-electron chi connectivity index (χ1n) is 9.22. The maximum Gasteiger partial charge on any atom is 0.247 e. The van der Waals surface area contributed by atoms with Crippen LogP contribution in [0.25, 0.3) is 5.65 Å². The van der Waals surface area contributed by atoms with Gasteiger partial charge in [-0.1, -0.05) is 12.1 Å². The van der Waals surface area contributed by atoms with Crippen molar-refractivity contribution in [3.63, 3.8) is 0 Å². The number of nitrogens with one attached hydrogen (secondary N) is 2. The Labute approximate surface area is 153 Å². The molecule has 6 nitrogen and oxygen atoms in total. The van der Waals surface area contributed by atoms with E-state index < -0.39 is 0 Å². The minimum Gasteiger partial charge on any atom is -0.393 e. The summed E-state index contributed by atoms with van der Waals surface area (Å²) in [6.07, 6.45) is 3.50. The molecule has 0 atom stereocenters. The van der Waals surface area contributed by atoms with Crippen LogP contribution in [0.4, 0.5) is 17.5 Å². The lowest BCUT2D eigenvalue weighted by atomic mass is 9.93. The first kappa shape index (κ1) is 16.8. The molecule has 0 bridgehead atoms. The lowest BCUT2D eigenvalue weighted by Gasteiger charge is -2.26. The molecule has 1 aromatic carbocycles. The van der Waals surface area contributed by atoms with Gasteiger partial charge in [0.05, 0.1) is 6.10 Å². The Balaban J connectivity index is 1.57. The maximum absolute atomic E-state index is 9.68. The van der Waals surface area contributed by atoms with Gasteiger partial charge in [-0.05, 0) is 74.9 Å². The average molecular weight is 351 g/mol. The van der Waals surface area contributed by atoms with Gasteiger partial charge in [0.15, 0.2) is 5.65 Å². The van der Waals surface area contributed by atoms with Crippen molar-refractivity contribution in [2.45, 2.75) is 51.7 Å². The van der Waals surface area contributed by atoms with Gasteiger partial charge in [-0.25, -0.2) is 0 Å². The highest BCUT2D eigenvalue weighted by Crippen LogP contribution is 2.23. The lowest BCUT2D eigenvalue weighted by Crippen LogP contribution is -2.29. The second-order valence-electron chi connectivity index (χ2n) is 7.27. The number of nitrogens with zero attached hydrogens (tertiary/aromatic N) is 3. The fourth-order valence-electron chi connectivity index (χ4n) is 3.67. The number of rotatable bonds is 4. The van der Waals surface area contributed by atoms with Gasteiger partial charge in [-0.3, -0.25) is 0 Å². The molecular formula is C20H25N5O. The zero-order chi connectivity index (χ0) is 18.1. The Morgan fingerprint density at radius 1 is 1.04 bits per heavy atom. The molecule has 1 aliphatic rings. The molecule has 0 radical (unpaired) electrons. The molecule has 0 amide bonds. The first-order valence-corrected chi connectivity index (χ1v) is 9.22. The van der Waals surface area contributed by atoms with Crippen LogP contribution in [0.2, 0.25) is 0 Å². The monoisotopic (exact) mass is 351 g/mol. The van der Waals surface area contributed by atoms with Crippen molar-refractivity contribution >= 4 is 23.1 Å². The third-order valence-corrected chi connectivity index (χ3v) is 4.89. The molecule has 0 unspecified atom stereocenters. The van der Waals surface area contributed by atoms with Gasteiger partial charge in [0.2, 0.25) is 5.95 Å². The van der Waals surface area contributed by atoms with E-state index in [-0.39, 0.29) is 6.10 Å². The van der Waals surface area contributed by atoms with Gasteiger partial charge in [0, 0.05) is 11.7 Å². The van der Waals surface area contributed by atoms with Crippen LogP contribution in [0, 0.1) is 13.8 Å². The molecule has 26 heavy (non-hydrogen) atoms. The van der Waals surface area contributed by atoms with E-state index in [9.17, 15) is 5.11 Å². The summed E-state index contributed by atoms with van der Waals surface area (Å²) in [5.41, 5.74) is 4.21. The second-order valence-corrected chi connectivity index (χ2v) is 7.27. The summed E-state index contributed by atoms with van der Waals surface area (Å²) in [4.78, 5) is 4.59. The molecule has 6 heteroatoms. The summed E-state index contributed by atoms with van der Waals surface area (Å²) in [7, 11) is 0. The number of hydrogen-bond acceptors (Lipinski definition) is 5. The molecule has 1 fully saturated rings. The van der Waals surface area contributed by atoms with Crippen LogP contribution in [-0.2, 0) is 0 Å². The fraction of sp³-hybridized carbons (Fsp3) is 0.400. The Morgan fingerprint density at radius 2 is 1.77 bits per heavy atom. The molecule has 4 rings (SSSR count). The van der Waals surface area contributed by atoms with Crippen LogP contribution >= 0.6 is 0 Å². The van der Waals surface area contributed by atoms with Crippen molar-refractivity contribution in [2.75, 3.05) is 10.6 Å². The van der Waals surface area contributed by atoms with Gasteiger partial charge < -0.3 is 15.7 Å². The van der Waals surface area contributed by atoms with E-state index in [1.54, 1.807) is 0 Å². The van der Waals surface area contributed by atoms with Crippen molar-refractivity contribution in [2.24, 2.45) is 0 Å². The number of aliphatic hydroxyl groups excluding tert-OH is 1. The van der Waals surface area contributed by atoms with Crippen molar-refractivity contribution in [1.29, 1.82) is 0 Å². The standard InChI is InChI=1S/C20H25N5O/c1-13-10-14(2)12-16(11-13)22-20-23-19-5-3-4-18(25(19)24-20)21-15-6-8-17(26)9-7-15/h3-5,10-12,15,17,21,26H,6-9H2,1-2H3,(H,22,24)/t15-,17+.